The highest BCUT2D eigenvalue weighted by molar-refractivity contribution is 5.74. The largest absolute Gasteiger partial charge is 0.325 e. The Morgan fingerprint density at radius 1 is 1.21 bits per heavy atom. The van der Waals surface area contributed by atoms with Gasteiger partial charge in [0.05, 0.1) is 18.0 Å². The van der Waals surface area contributed by atoms with Crippen molar-refractivity contribution >= 4 is 11.0 Å². The second-order valence-electron chi connectivity index (χ2n) is 4.60. The van der Waals surface area contributed by atoms with Crippen LogP contribution >= 0.6 is 0 Å². The minimum atomic E-state index is 0.0720. The minimum Gasteiger partial charge on any atom is -0.325 e. The third kappa shape index (κ3) is 1.39. The zero-order valence-electron chi connectivity index (χ0n) is 9.07. The molecule has 0 bridgehead atoms. The third-order valence-electron chi connectivity index (χ3n) is 2.29. The van der Waals surface area contributed by atoms with Crippen molar-refractivity contribution in [2.45, 2.75) is 33.2 Å². The molecule has 14 heavy (non-hydrogen) atoms. The van der Waals surface area contributed by atoms with E-state index in [4.69, 9.17) is 0 Å². The van der Waals surface area contributed by atoms with Crippen molar-refractivity contribution in [2.75, 3.05) is 0 Å². The van der Waals surface area contributed by atoms with E-state index in [1.807, 2.05) is 19.4 Å². The van der Waals surface area contributed by atoms with E-state index >= 15 is 0 Å². The lowest BCUT2D eigenvalue weighted by Crippen LogP contribution is -2.20. The van der Waals surface area contributed by atoms with E-state index in [0.29, 0.717) is 0 Å². The maximum atomic E-state index is 4.33. The lowest BCUT2D eigenvalue weighted by molar-refractivity contribution is 0.408. The summed E-state index contributed by atoms with van der Waals surface area (Å²) in [7, 11) is 0. The number of hydrogen-bond acceptors (Lipinski definition) is 2. The predicted molar refractivity (Wildman–Crippen MR) is 57.3 cm³/mol. The quantitative estimate of drug-likeness (QED) is 0.637. The summed E-state index contributed by atoms with van der Waals surface area (Å²) in [6.07, 6.45) is 3.71. The number of pyridine rings is 1. The van der Waals surface area contributed by atoms with E-state index in [-0.39, 0.29) is 5.54 Å². The predicted octanol–water partition coefficient (Wildman–Crippen LogP) is 2.49. The van der Waals surface area contributed by atoms with E-state index < -0.39 is 0 Å². The first-order chi connectivity index (χ1) is 6.48. The summed E-state index contributed by atoms with van der Waals surface area (Å²) < 4.78 is 2.18. The van der Waals surface area contributed by atoms with Gasteiger partial charge in [-0.25, -0.2) is 4.98 Å². The average Bonchev–Trinajstić information content (AvgIpc) is 2.45. The van der Waals surface area contributed by atoms with Crippen molar-refractivity contribution in [3.63, 3.8) is 0 Å². The summed E-state index contributed by atoms with van der Waals surface area (Å²) in [5, 5.41) is 0. The Morgan fingerprint density at radius 3 is 2.57 bits per heavy atom. The molecule has 0 aromatic carbocycles. The second-order valence-corrected chi connectivity index (χ2v) is 4.60. The summed E-state index contributed by atoms with van der Waals surface area (Å²) in [6.45, 7) is 8.51. The van der Waals surface area contributed by atoms with Crippen LogP contribution in [0, 0.1) is 6.92 Å². The smallest absolute Gasteiger partial charge is 0.107 e. The number of hydrogen-bond donors (Lipinski definition) is 0. The number of nitrogens with zero attached hydrogens (tertiary/aromatic N) is 3. The number of imidazole rings is 1. The highest BCUT2D eigenvalue weighted by Crippen LogP contribution is 2.21. The maximum Gasteiger partial charge on any atom is 0.107 e. The molecule has 3 heteroatoms. The summed E-state index contributed by atoms with van der Waals surface area (Å²) >= 11 is 0. The molecule has 0 aliphatic heterocycles. The molecule has 0 aliphatic rings. The van der Waals surface area contributed by atoms with Crippen molar-refractivity contribution in [3.05, 3.63) is 24.3 Å². The minimum absolute atomic E-state index is 0.0720. The molecule has 0 spiro atoms. The fourth-order valence-corrected chi connectivity index (χ4v) is 1.55. The molecule has 74 valence electrons. The zero-order chi connectivity index (χ0) is 10.3. The van der Waals surface area contributed by atoms with Crippen molar-refractivity contribution in [3.8, 4) is 0 Å². The molecular formula is C11H15N3. The molecule has 0 saturated heterocycles. The molecule has 0 radical (unpaired) electrons. The van der Waals surface area contributed by atoms with Crippen LogP contribution in [0.1, 0.15) is 26.5 Å². The van der Waals surface area contributed by atoms with Gasteiger partial charge in [0.2, 0.25) is 0 Å². The Labute approximate surface area is 83.8 Å². The van der Waals surface area contributed by atoms with Crippen LogP contribution < -0.4 is 0 Å². The lowest BCUT2D eigenvalue weighted by atomic mass is 10.1. The highest BCUT2D eigenvalue weighted by Gasteiger charge is 2.15. The Bertz CT molecular complexity index is 463. The van der Waals surface area contributed by atoms with E-state index in [9.17, 15) is 0 Å². The van der Waals surface area contributed by atoms with Gasteiger partial charge in [-0.3, -0.25) is 4.98 Å². The standard InChI is InChI=1S/C11H15N3/c1-8-5-10-9(6-12-8)13-7-14(10)11(2,3)4/h5-7H,1-4H3. The first-order valence-electron chi connectivity index (χ1n) is 4.79. The average molecular weight is 189 g/mol. The van der Waals surface area contributed by atoms with Crippen LogP contribution in [0.2, 0.25) is 0 Å². The molecular weight excluding hydrogens is 174 g/mol. The first kappa shape index (κ1) is 9.19. The van der Waals surface area contributed by atoms with Gasteiger partial charge in [0.1, 0.15) is 5.52 Å². The fraction of sp³-hybridized carbons (Fsp3) is 0.455. The van der Waals surface area contributed by atoms with Crippen molar-refractivity contribution in [1.82, 2.24) is 14.5 Å². The summed E-state index contributed by atoms with van der Waals surface area (Å²) in [6, 6.07) is 2.08. The molecule has 2 rings (SSSR count). The van der Waals surface area contributed by atoms with E-state index in [2.05, 4.69) is 41.4 Å². The molecule has 0 saturated carbocycles. The van der Waals surface area contributed by atoms with Gasteiger partial charge < -0.3 is 4.57 Å². The molecule has 0 atom stereocenters. The number of fused-ring (bicyclic) bond motifs is 1. The van der Waals surface area contributed by atoms with Crippen LogP contribution in [0.5, 0.6) is 0 Å². The summed E-state index contributed by atoms with van der Waals surface area (Å²) in [5.41, 5.74) is 3.22. The van der Waals surface area contributed by atoms with Gasteiger partial charge in [-0.2, -0.15) is 0 Å². The summed E-state index contributed by atoms with van der Waals surface area (Å²) in [4.78, 5) is 8.55. The molecule has 0 fully saturated rings. The van der Waals surface area contributed by atoms with Gasteiger partial charge in [0.25, 0.3) is 0 Å². The topological polar surface area (TPSA) is 30.7 Å². The van der Waals surface area contributed by atoms with E-state index in [1.54, 1.807) is 0 Å². The Hall–Kier alpha value is -1.38. The van der Waals surface area contributed by atoms with Crippen LogP contribution in [0.4, 0.5) is 0 Å². The fourth-order valence-electron chi connectivity index (χ4n) is 1.55. The highest BCUT2D eigenvalue weighted by atomic mass is 15.1. The SMILES string of the molecule is Cc1cc2c(cn1)ncn2C(C)(C)C. The monoisotopic (exact) mass is 189 g/mol. The van der Waals surface area contributed by atoms with Gasteiger partial charge in [-0.1, -0.05) is 0 Å². The number of aryl methyl sites for hydroxylation is 1. The van der Waals surface area contributed by atoms with Gasteiger partial charge in [-0.05, 0) is 33.8 Å². The van der Waals surface area contributed by atoms with Crippen LogP contribution in [-0.2, 0) is 5.54 Å². The lowest BCUT2D eigenvalue weighted by Gasteiger charge is -2.21. The molecule has 2 heterocycles. The third-order valence-corrected chi connectivity index (χ3v) is 2.29. The Kier molecular flexibility index (Phi) is 1.84. The van der Waals surface area contributed by atoms with E-state index in [0.717, 1.165) is 16.7 Å². The molecule has 3 nitrogen and oxygen atoms in total. The Balaban J connectivity index is 2.73. The molecule has 0 aliphatic carbocycles. The second kappa shape index (κ2) is 2.80. The molecule has 2 aromatic heterocycles. The number of rotatable bonds is 0. The molecule has 0 unspecified atom stereocenters. The van der Waals surface area contributed by atoms with Gasteiger partial charge >= 0.3 is 0 Å². The van der Waals surface area contributed by atoms with Crippen LogP contribution in [0.15, 0.2) is 18.6 Å². The van der Waals surface area contributed by atoms with Gasteiger partial charge in [0, 0.05) is 11.2 Å². The normalized spacial score (nSPS) is 12.3. The molecule has 2 aromatic rings. The number of aromatic nitrogens is 3. The van der Waals surface area contributed by atoms with Crippen molar-refractivity contribution < 1.29 is 0 Å². The first-order valence-corrected chi connectivity index (χ1v) is 4.79. The van der Waals surface area contributed by atoms with Crippen LogP contribution in [-0.4, -0.2) is 14.5 Å². The van der Waals surface area contributed by atoms with Crippen LogP contribution in [0.3, 0.4) is 0 Å². The van der Waals surface area contributed by atoms with Gasteiger partial charge in [0.15, 0.2) is 0 Å². The van der Waals surface area contributed by atoms with Crippen LogP contribution in [0.25, 0.3) is 11.0 Å². The zero-order valence-corrected chi connectivity index (χ0v) is 9.07. The van der Waals surface area contributed by atoms with Crippen molar-refractivity contribution in [2.24, 2.45) is 0 Å². The molecule has 0 amide bonds. The van der Waals surface area contributed by atoms with Crippen molar-refractivity contribution in [1.29, 1.82) is 0 Å². The maximum absolute atomic E-state index is 4.33. The van der Waals surface area contributed by atoms with E-state index in [1.165, 1.54) is 0 Å². The van der Waals surface area contributed by atoms with Gasteiger partial charge in [-0.15, -0.1) is 0 Å². The molecule has 0 N–H and O–H groups in total. The summed E-state index contributed by atoms with van der Waals surface area (Å²) in [5.74, 6) is 0. The Morgan fingerprint density at radius 2 is 1.93 bits per heavy atom.